The number of aliphatic hydroxyl groups excluding tert-OH is 1. The van der Waals surface area contributed by atoms with Crippen LogP contribution in [0.1, 0.15) is 37.5 Å². The van der Waals surface area contributed by atoms with E-state index in [9.17, 15) is 26.7 Å². The number of ether oxygens (including phenoxy) is 1. The second kappa shape index (κ2) is 5.93. The second-order valence-electron chi connectivity index (χ2n) is 6.24. The maximum absolute atomic E-state index is 12.8. The molecule has 24 heavy (non-hydrogen) atoms. The van der Waals surface area contributed by atoms with Gasteiger partial charge in [0.25, 0.3) is 9.84 Å². The van der Waals surface area contributed by atoms with Crippen LogP contribution < -0.4 is 4.74 Å². The Morgan fingerprint density at radius 2 is 2.00 bits per heavy atom. The Morgan fingerprint density at radius 1 is 1.38 bits per heavy atom. The normalized spacial score (nSPS) is 18.1. The van der Waals surface area contributed by atoms with Crippen molar-refractivity contribution in [2.45, 2.75) is 43.2 Å². The summed E-state index contributed by atoms with van der Waals surface area (Å²) in [6, 6.07) is 3.96. The van der Waals surface area contributed by atoms with Gasteiger partial charge in [-0.05, 0) is 38.8 Å². The van der Waals surface area contributed by atoms with Crippen molar-refractivity contribution in [2.24, 2.45) is 5.41 Å². The average molecular weight is 363 g/mol. The maximum atomic E-state index is 12.8. The summed E-state index contributed by atoms with van der Waals surface area (Å²) in [5.74, 6) is 0.186. The lowest BCUT2D eigenvalue weighted by atomic mass is 9.97. The van der Waals surface area contributed by atoms with Crippen LogP contribution in [0.4, 0.5) is 13.2 Å². The zero-order chi connectivity index (χ0) is 18.3. The van der Waals surface area contributed by atoms with E-state index in [-0.39, 0.29) is 36.3 Å². The summed E-state index contributed by atoms with van der Waals surface area (Å²) in [5, 5.41) is 18.9. The van der Waals surface area contributed by atoms with E-state index in [1.165, 1.54) is 0 Å². The molecule has 1 N–H and O–H groups in total. The van der Waals surface area contributed by atoms with Gasteiger partial charge in [-0.15, -0.1) is 0 Å². The molecule has 0 amide bonds. The van der Waals surface area contributed by atoms with Crippen molar-refractivity contribution in [3.05, 3.63) is 23.3 Å². The Balaban J connectivity index is 2.51. The lowest BCUT2D eigenvalue weighted by Crippen LogP contribution is -2.25. The fourth-order valence-corrected chi connectivity index (χ4v) is 3.50. The van der Waals surface area contributed by atoms with Gasteiger partial charge in [0.2, 0.25) is 0 Å². The summed E-state index contributed by atoms with van der Waals surface area (Å²) >= 11 is 0. The monoisotopic (exact) mass is 363 g/mol. The van der Waals surface area contributed by atoms with Gasteiger partial charge in [-0.1, -0.05) is 0 Å². The summed E-state index contributed by atoms with van der Waals surface area (Å²) in [4.78, 5) is -0.943. The molecule has 1 aliphatic rings. The summed E-state index contributed by atoms with van der Waals surface area (Å²) < 4.78 is 67.4. The van der Waals surface area contributed by atoms with Gasteiger partial charge in [-0.2, -0.15) is 18.4 Å². The van der Waals surface area contributed by atoms with E-state index < -0.39 is 31.8 Å². The van der Waals surface area contributed by atoms with Crippen molar-refractivity contribution < 1.29 is 31.4 Å². The molecule has 0 bridgehead atoms. The maximum Gasteiger partial charge on any atom is 0.501 e. The molecule has 1 unspecified atom stereocenters. The predicted octanol–water partition coefficient (Wildman–Crippen LogP) is 2.89. The standard InChI is InChI=1S/C15H16F3NO4S/c1-14(2,7-19)8-23-11-5-6-12(24(21,22)15(16,17)18)13-9(11)3-4-10(13)20/h5-6,10,20H,3-4,8H2,1-2H3. The average Bonchev–Trinajstić information content (AvgIpc) is 2.86. The molecule has 0 aliphatic heterocycles. The number of aliphatic hydroxyl groups is 1. The van der Waals surface area contributed by atoms with Crippen LogP contribution in [0.3, 0.4) is 0 Å². The first-order valence-electron chi connectivity index (χ1n) is 7.10. The third-order valence-corrected chi connectivity index (χ3v) is 5.30. The molecule has 0 radical (unpaired) electrons. The number of alkyl halides is 3. The highest BCUT2D eigenvalue weighted by molar-refractivity contribution is 7.92. The number of hydrogen-bond acceptors (Lipinski definition) is 5. The minimum absolute atomic E-state index is 0.0165. The van der Waals surface area contributed by atoms with Crippen LogP contribution in [0.5, 0.6) is 5.75 Å². The number of hydrogen-bond donors (Lipinski definition) is 1. The number of benzene rings is 1. The SMILES string of the molecule is CC(C)(C#N)COc1ccc(S(=O)(=O)C(F)(F)F)c2c1CCC2O. The number of fused-ring (bicyclic) bond motifs is 1. The molecule has 0 fully saturated rings. The zero-order valence-corrected chi connectivity index (χ0v) is 13.8. The van der Waals surface area contributed by atoms with Gasteiger partial charge in [-0.25, -0.2) is 8.42 Å². The summed E-state index contributed by atoms with van der Waals surface area (Å²) in [6.45, 7) is 3.24. The molecule has 0 heterocycles. The van der Waals surface area contributed by atoms with Gasteiger partial charge >= 0.3 is 5.51 Å². The lowest BCUT2D eigenvalue weighted by Gasteiger charge is -2.20. The molecule has 0 saturated heterocycles. The number of rotatable bonds is 4. The molecule has 132 valence electrons. The summed E-state index contributed by atoms with van der Waals surface area (Å²) in [5.41, 5.74) is -6.30. The van der Waals surface area contributed by atoms with Gasteiger partial charge in [0, 0.05) is 11.1 Å². The van der Waals surface area contributed by atoms with Crippen LogP contribution in [0.15, 0.2) is 17.0 Å². The fraction of sp³-hybridized carbons (Fsp3) is 0.533. The molecule has 2 rings (SSSR count). The number of sulfone groups is 1. The van der Waals surface area contributed by atoms with Crippen molar-refractivity contribution in [3.8, 4) is 11.8 Å². The van der Waals surface area contributed by atoms with Gasteiger partial charge in [-0.3, -0.25) is 0 Å². The Hall–Kier alpha value is -1.79. The first-order valence-corrected chi connectivity index (χ1v) is 8.58. The number of nitrogens with zero attached hydrogens (tertiary/aromatic N) is 1. The van der Waals surface area contributed by atoms with Crippen LogP contribution in [0.2, 0.25) is 0 Å². The number of nitriles is 1. The smallest absolute Gasteiger partial charge is 0.492 e. The van der Waals surface area contributed by atoms with Crippen LogP contribution in [-0.2, 0) is 16.3 Å². The van der Waals surface area contributed by atoms with Gasteiger partial charge in [0.1, 0.15) is 12.4 Å². The van der Waals surface area contributed by atoms with Crippen molar-refractivity contribution in [3.63, 3.8) is 0 Å². The Morgan fingerprint density at radius 3 is 2.54 bits per heavy atom. The van der Waals surface area contributed by atoms with Crippen molar-refractivity contribution in [1.29, 1.82) is 5.26 Å². The topological polar surface area (TPSA) is 87.4 Å². The van der Waals surface area contributed by atoms with E-state index in [1.54, 1.807) is 13.8 Å². The summed E-state index contributed by atoms with van der Waals surface area (Å²) in [7, 11) is -5.57. The molecule has 0 spiro atoms. The van der Waals surface area contributed by atoms with E-state index in [0.29, 0.717) is 0 Å². The fourth-order valence-electron chi connectivity index (χ4n) is 2.46. The van der Waals surface area contributed by atoms with Crippen molar-refractivity contribution in [1.82, 2.24) is 0 Å². The molecular weight excluding hydrogens is 347 g/mol. The van der Waals surface area contributed by atoms with Crippen molar-refractivity contribution >= 4 is 9.84 Å². The largest absolute Gasteiger partial charge is 0.501 e. The molecule has 1 aliphatic carbocycles. The zero-order valence-electron chi connectivity index (χ0n) is 13.0. The minimum Gasteiger partial charge on any atom is -0.492 e. The Labute approximate surface area is 137 Å². The Kier molecular flexibility index (Phi) is 4.59. The third kappa shape index (κ3) is 3.21. The van der Waals surface area contributed by atoms with Gasteiger partial charge in [0.05, 0.1) is 22.5 Å². The van der Waals surface area contributed by atoms with Crippen LogP contribution in [0, 0.1) is 16.7 Å². The van der Waals surface area contributed by atoms with Crippen molar-refractivity contribution in [2.75, 3.05) is 6.61 Å². The molecule has 9 heteroatoms. The highest BCUT2D eigenvalue weighted by Crippen LogP contribution is 2.44. The highest BCUT2D eigenvalue weighted by atomic mass is 32.2. The first-order chi connectivity index (χ1) is 10.9. The van der Waals surface area contributed by atoms with E-state index >= 15 is 0 Å². The molecule has 1 aromatic rings. The molecule has 0 saturated carbocycles. The highest BCUT2D eigenvalue weighted by Gasteiger charge is 2.49. The van der Waals surface area contributed by atoms with Gasteiger partial charge < -0.3 is 9.84 Å². The second-order valence-corrected chi connectivity index (χ2v) is 8.15. The molecule has 0 aromatic heterocycles. The summed E-state index contributed by atoms with van der Waals surface area (Å²) in [6.07, 6.45) is -1.00. The quantitative estimate of drug-likeness (QED) is 0.889. The van der Waals surface area contributed by atoms with E-state index in [0.717, 1.165) is 12.1 Å². The Bertz CT molecular complexity index is 794. The molecule has 1 aromatic carbocycles. The third-order valence-electron chi connectivity index (χ3n) is 3.76. The lowest BCUT2D eigenvalue weighted by molar-refractivity contribution is -0.0437. The first kappa shape index (κ1) is 18.5. The molecule has 5 nitrogen and oxygen atoms in total. The van der Waals surface area contributed by atoms with E-state index in [4.69, 9.17) is 10.00 Å². The molecular formula is C15H16F3NO4S. The van der Waals surface area contributed by atoms with Crippen LogP contribution >= 0.6 is 0 Å². The predicted molar refractivity (Wildman–Crippen MR) is 77.9 cm³/mol. The van der Waals surface area contributed by atoms with E-state index in [1.807, 2.05) is 6.07 Å². The minimum atomic E-state index is -5.57. The molecule has 1 atom stereocenters. The van der Waals surface area contributed by atoms with Crippen LogP contribution in [-0.4, -0.2) is 25.6 Å². The van der Waals surface area contributed by atoms with Crippen LogP contribution in [0.25, 0.3) is 0 Å². The van der Waals surface area contributed by atoms with E-state index in [2.05, 4.69) is 0 Å². The van der Waals surface area contributed by atoms with Gasteiger partial charge in [0.15, 0.2) is 0 Å². The number of halogens is 3.